The van der Waals surface area contributed by atoms with Crippen LogP contribution in [-0.2, 0) is 0 Å². The van der Waals surface area contributed by atoms with E-state index in [2.05, 4.69) is 30.1 Å². The highest BCUT2D eigenvalue weighted by Gasteiger charge is 2.25. The molecule has 1 saturated carbocycles. The maximum atomic E-state index is 12.2. The zero-order chi connectivity index (χ0) is 22.1. The molecule has 0 saturated heterocycles. The molecule has 0 aliphatic heterocycles. The van der Waals surface area contributed by atoms with Gasteiger partial charge in [-0.2, -0.15) is 19.9 Å². The second-order valence-electron chi connectivity index (χ2n) is 7.64. The summed E-state index contributed by atoms with van der Waals surface area (Å²) in [5.41, 5.74) is 7.82. The maximum absolute atomic E-state index is 12.2. The molecular formula is C22H20N8O2. The molecule has 4 aromatic rings. The number of nitrogens with zero attached hydrogens (tertiary/aromatic N) is 7. The number of ketones is 1. The van der Waals surface area contributed by atoms with Crippen molar-refractivity contribution in [2.24, 2.45) is 5.92 Å². The molecule has 5 rings (SSSR count). The second kappa shape index (κ2) is 8.14. The second-order valence-corrected chi connectivity index (χ2v) is 7.64. The third kappa shape index (κ3) is 4.15. The first-order valence-corrected chi connectivity index (χ1v) is 10.2. The molecular weight excluding hydrogens is 408 g/mol. The number of pyridine rings is 1. The number of nitrogens with two attached hydrogens (primary N) is 1. The van der Waals surface area contributed by atoms with Crippen LogP contribution >= 0.6 is 0 Å². The van der Waals surface area contributed by atoms with Gasteiger partial charge in [-0.1, -0.05) is 23.4 Å². The van der Waals surface area contributed by atoms with Crippen LogP contribution in [0.15, 0.2) is 53.2 Å². The highest BCUT2D eigenvalue weighted by atomic mass is 16.5. The van der Waals surface area contributed by atoms with E-state index in [-0.39, 0.29) is 29.3 Å². The van der Waals surface area contributed by atoms with Crippen molar-refractivity contribution in [1.82, 2.24) is 30.1 Å². The van der Waals surface area contributed by atoms with E-state index < -0.39 is 0 Å². The van der Waals surface area contributed by atoms with E-state index in [0.717, 1.165) is 18.5 Å². The quantitative estimate of drug-likeness (QED) is 0.436. The van der Waals surface area contributed by atoms with Crippen molar-refractivity contribution in [2.75, 3.05) is 17.7 Å². The molecule has 0 amide bonds. The van der Waals surface area contributed by atoms with Gasteiger partial charge in [0.15, 0.2) is 5.78 Å². The summed E-state index contributed by atoms with van der Waals surface area (Å²) in [5, 5.41) is 3.97. The summed E-state index contributed by atoms with van der Waals surface area (Å²) in [4.78, 5) is 35.4. The molecule has 10 heteroatoms. The minimum absolute atomic E-state index is 0.0410. The Labute approximate surface area is 183 Å². The Morgan fingerprint density at radius 2 is 1.88 bits per heavy atom. The monoisotopic (exact) mass is 428 g/mol. The van der Waals surface area contributed by atoms with Gasteiger partial charge >= 0.3 is 0 Å². The molecule has 0 unspecified atom stereocenters. The molecule has 1 aliphatic carbocycles. The number of rotatable bonds is 7. The smallest absolute Gasteiger partial charge is 0.259 e. The van der Waals surface area contributed by atoms with Gasteiger partial charge in [-0.05, 0) is 43.0 Å². The van der Waals surface area contributed by atoms with Crippen LogP contribution in [0.25, 0.3) is 23.1 Å². The van der Waals surface area contributed by atoms with Crippen molar-refractivity contribution in [3.63, 3.8) is 0 Å². The molecule has 32 heavy (non-hydrogen) atoms. The number of benzene rings is 1. The summed E-state index contributed by atoms with van der Waals surface area (Å²) in [5.74, 6) is 1.57. The Hall–Kier alpha value is -4.21. The van der Waals surface area contributed by atoms with Crippen LogP contribution in [0.4, 0.5) is 17.6 Å². The first kappa shape index (κ1) is 19.7. The molecule has 1 aliphatic rings. The Morgan fingerprint density at radius 1 is 1.06 bits per heavy atom. The van der Waals surface area contributed by atoms with E-state index in [9.17, 15) is 4.79 Å². The van der Waals surface area contributed by atoms with E-state index in [0.29, 0.717) is 29.5 Å². The molecule has 3 heterocycles. The summed E-state index contributed by atoms with van der Waals surface area (Å²) < 4.78 is 5.36. The topological polar surface area (TPSA) is 137 Å². The molecule has 1 aromatic carbocycles. The van der Waals surface area contributed by atoms with E-state index >= 15 is 0 Å². The fourth-order valence-electron chi connectivity index (χ4n) is 3.20. The van der Waals surface area contributed by atoms with Gasteiger partial charge in [0, 0.05) is 25.4 Å². The van der Waals surface area contributed by atoms with Crippen molar-refractivity contribution in [3.05, 3.63) is 54.4 Å². The number of Topliss-reactive ketones (excluding diaryl/α,β-unsaturated/α-hetero) is 1. The normalized spacial score (nSPS) is 13.2. The van der Waals surface area contributed by atoms with Crippen LogP contribution in [-0.4, -0.2) is 42.9 Å². The lowest BCUT2D eigenvalue weighted by Crippen LogP contribution is -2.15. The first-order chi connectivity index (χ1) is 15.6. The van der Waals surface area contributed by atoms with Crippen molar-refractivity contribution in [1.29, 1.82) is 0 Å². The summed E-state index contributed by atoms with van der Waals surface area (Å²) in [7, 11) is 1.83. The van der Waals surface area contributed by atoms with Crippen LogP contribution in [0.2, 0.25) is 0 Å². The van der Waals surface area contributed by atoms with Gasteiger partial charge in [-0.25, -0.2) is 0 Å². The predicted octanol–water partition coefficient (Wildman–Crippen LogP) is 3.32. The lowest BCUT2D eigenvalue weighted by molar-refractivity contribution is 0.0971. The molecule has 3 aromatic heterocycles. The fraction of sp³-hybridized carbons (Fsp3) is 0.227. The highest BCUT2D eigenvalue weighted by Crippen LogP contribution is 2.33. The van der Waals surface area contributed by atoms with Crippen LogP contribution in [0, 0.1) is 5.92 Å². The Kier molecular flexibility index (Phi) is 5.02. The largest absolute Gasteiger partial charge is 0.368 e. The number of carbonyl (C=O) groups is 1. The number of hydrogen-bond acceptors (Lipinski definition) is 10. The summed E-state index contributed by atoms with van der Waals surface area (Å²) in [6.07, 6.45) is 4.35. The molecule has 0 atom stereocenters. The maximum Gasteiger partial charge on any atom is 0.259 e. The summed E-state index contributed by atoms with van der Waals surface area (Å²) in [6.45, 7) is 0. The molecule has 2 N–H and O–H groups in total. The van der Waals surface area contributed by atoms with Gasteiger partial charge in [-0.15, -0.1) is 0 Å². The third-order valence-corrected chi connectivity index (χ3v) is 5.18. The minimum Gasteiger partial charge on any atom is -0.368 e. The van der Waals surface area contributed by atoms with Gasteiger partial charge in [0.05, 0.1) is 5.56 Å². The van der Waals surface area contributed by atoms with Gasteiger partial charge in [0.1, 0.15) is 5.69 Å². The molecule has 10 nitrogen and oxygen atoms in total. The average Bonchev–Trinajstić information content (AvgIpc) is 3.50. The summed E-state index contributed by atoms with van der Waals surface area (Å²) >= 11 is 0. The van der Waals surface area contributed by atoms with Crippen molar-refractivity contribution in [3.8, 4) is 23.1 Å². The fourth-order valence-corrected chi connectivity index (χ4v) is 3.20. The molecule has 0 bridgehead atoms. The van der Waals surface area contributed by atoms with E-state index in [1.807, 2.05) is 37.4 Å². The van der Waals surface area contributed by atoms with E-state index in [1.54, 1.807) is 23.2 Å². The van der Waals surface area contributed by atoms with E-state index in [1.165, 1.54) is 0 Å². The van der Waals surface area contributed by atoms with Crippen molar-refractivity contribution >= 4 is 23.4 Å². The van der Waals surface area contributed by atoms with Crippen LogP contribution in [0.5, 0.6) is 0 Å². The Bertz CT molecular complexity index is 1250. The number of para-hydroxylation sites is 1. The zero-order valence-electron chi connectivity index (χ0n) is 17.3. The van der Waals surface area contributed by atoms with Crippen molar-refractivity contribution in [2.45, 2.75) is 19.3 Å². The molecule has 160 valence electrons. The lowest BCUT2D eigenvalue weighted by Gasteiger charge is -2.17. The number of nitrogen functional groups attached to an aromatic ring is 1. The number of hydrogen-bond donors (Lipinski definition) is 1. The van der Waals surface area contributed by atoms with Crippen LogP contribution in [0.3, 0.4) is 0 Å². The predicted molar refractivity (Wildman–Crippen MR) is 117 cm³/mol. The lowest BCUT2D eigenvalue weighted by atomic mass is 10.1. The molecule has 0 spiro atoms. The van der Waals surface area contributed by atoms with E-state index in [4.69, 9.17) is 10.3 Å². The van der Waals surface area contributed by atoms with Gasteiger partial charge in [0.2, 0.25) is 23.5 Å². The first-order valence-electron chi connectivity index (χ1n) is 10.2. The number of anilines is 3. The highest BCUT2D eigenvalue weighted by molar-refractivity contribution is 5.94. The Morgan fingerprint density at radius 3 is 2.59 bits per heavy atom. The summed E-state index contributed by atoms with van der Waals surface area (Å²) in [6, 6.07) is 13.0. The average molecular weight is 428 g/mol. The standard InChI is InChI=1S/C22H20N8O2/c1-30(15-5-3-2-4-6-15)22-27-18(26-21(23)28-22)19-25-20(32-29-19)14-9-10-16(24-12-14)17(31)11-13-7-8-13/h2-6,9-10,12-13H,7-8,11H2,1H3,(H2,23,26,27,28). The van der Waals surface area contributed by atoms with Crippen LogP contribution in [0.1, 0.15) is 29.8 Å². The Balaban J connectivity index is 1.38. The molecule has 1 fully saturated rings. The zero-order valence-corrected chi connectivity index (χ0v) is 17.3. The molecule has 0 radical (unpaired) electrons. The minimum atomic E-state index is 0.0410. The number of aromatic nitrogens is 6. The van der Waals surface area contributed by atoms with Gasteiger partial charge in [0.25, 0.3) is 5.89 Å². The van der Waals surface area contributed by atoms with Gasteiger partial charge < -0.3 is 15.2 Å². The SMILES string of the molecule is CN(c1ccccc1)c1nc(N)nc(-c2noc(-c3ccc(C(=O)CC4CC4)nc3)n2)n1. The number of carbonyl (C=O) groups excluding carboxylic acids is 1. The van der Waals surface area contributed by atoms with Gasteiger partial charge in [-0.3, -0.25) is 9.78 Å². The van der Waals surface area contributed by atoms with Crippen LogP contribution < -0.4 is 10.6 Å². The third-order valence-electron chi connectivity index (χ3n) is 5.18. The van der Waals surface area contributed by atoms with Crippen molar-refractivity contribution < 1.29 is 9.32 Å².